The van der Waals surface area contributed by atoms with Crippen LogP contribution < -0.4 is 19.5 Å². The molecule has 0 heterocycles. The molecule has 0 radical (unpaired) electrons. The van der Waals surface area contributed by atoms with Gasteiger partial charge in [-0.1, -0.05) is 18.2 Å². The molecule has 24 heavy (non-hydrogen) atoms. The molecule has 0 fully saturated rings. The SMILES string of the molecule is COc1cc(CCC(=O)NCc2ccccc2OC)cc(OC)c1. The smallest absolute Gasteiger partial charge is 0.220 e. The molecule has 0 aliphatic heterocycles. The topological polar surface area (TPSA) is 56.8 Å². The van der Waals surface area contributed by atoms with Crippen molar-refractivity contribution in [2.24, 2.45) is 0 Å². The van der Waals surface area contributed by atoms with Gasteiger partial charge in [0.15, 0.2) is 0 Å². The highest BCUT2D eigenvalue weighted by Crippen LogP contribution is 2.23. The predicted octanol–water partition coefficient (Wildman–Crippen LogP) is 2.96. The van der Waals surface area contributed by atoms with E-state index in [0.717, 1.165) is 28.4 Å². The van der Waals surface area contributed by atoms with Crippen molar-refractivity contribution in [1.82, 2.24) is 5.32 Å². The Morgan fingerprint density at radius 2 is 1.62 bits per heavy atom. The van der Waals surface area contributed by atoms with E-state index in [0.29, 0.717) is 19.4 Å². The number of rotatable bonds is 8. The third kappa shape index (κ3) is 4.91. The van der Waals surface area contributed by atoms with Crippen LogP contribution in [0.5, 0.6) is 17.2 Å². The van der Waals surface area contributed by atoms with Crippen molar-refractivity contribution in [3.8, 4) is 17.2 Å². The van der Waals surface area contributed by atoms with Crippen LogP contribution in [0.3, 0.4) is 0 Å². The first kappa shape index (κ1) is 17.7. The number of carbonyl (C=O) groups is 1. The van der Waals surface area contributed by atoms with Crippen molar-refractivity contribution in [2.45, 2.75) is 19.4 Å². The first-order valence-electron chi connectivity index (χ1n) is 7.76. The number of ether oxygens (including phenoxy) is 3. The summed E-state index contributed by atoms with van der Waals surface area (Å²) in [7, 11) is 4.84. The maximum Gasteiger partial charge on any atom is 0.220 e. The van der Waals surface area contributed by atoms with Crippen LogP contribution in [0.25, 0.3) is 0 Å². The predicted molar refractivity (Wildman–Crippen MR) is 92.7 cm³/mol. The molecule has 0 saturated carbocycles. The van der Waals surface area contributed by atoms with Crippen LogP contribution in [0, 0.1) is 0 Å². The van der Waals surface area contributed by atoms with E-state index in [2.05, 4.69) is 5.32 Å². The molecule has 5 heteroatoms. The second kappa shape index (κ2) is 8.82. The summed E-state index contributed by atoms with van der Waals surface area (Å²) in [5, 5.41) is 2.92. The van der Waals surface area contributed by atoms with Gasteiger partial charge >= 0.3 is 0 Å². The van der Waals surface area contributed by atoms with Gasteiger partial charge in [-0.2, -0.15) is 0 Å². The van der Waals surface area contributed by atoms with E-state index >= 15 is 0 Å². The van der Waals surface area contributed by atoms with Gasteiger partial charge in [0.25, 0.3) is 0 Å². The summed E-state index contributed by atoms with van der Waals surface area (Å²) >= 11 is 0. The van der Waals surface area contributed by atoms with Crippen LogP contribution in [0.4, 0.5) is 0 Å². The van der Waals surface area contributed by atoms with E-state index in [9.17, 15) is 4.79 Å². The quantitative estimate of drug-likeness (QED) is 0.809. The Balaban J connectivity index is 1.89. The molecule has 2 aromatic rings. The van der Waals surface area contributed by atoms with Gasteiger partial charge in [-0.3, -0.25) is 4.79 Å². The van der Waals surface area contributed by atoms with Gasteiger partial charge in [0.2, 0.25) is 5.91 Å². The molecule has 5 nitrogen and oxygen atoms in total. The molecule has 0 bridgehead atoms. The fourth-order valence-corrected chi connectivity index (χ4v) is 2.40. The summed E-state index contributed by atoms with van der Waals surface area (Å²) in [4.78, 5) is 12.1. The molecule has 0 atom stereocenters. The van der Waals surface area contributed by atoms with E-state index in [1.807, 2.05) is 42.5 Å². The number of methoxy groups -OCH3 is 3. The lowest BCUT2D eigenvalue weighted by molar-refractivity contribution is -0.121. The summed E-state index contributed by atoms with van der Waals surface area (Å²) in [6.07, 6.45) is 1.01. The number of para-hydroxylation sites is 1. The second-order valence-electron chi connectivity index (χ2n) is 5.31. The molecule has 2 aromatic carbocycles. The number of aryl methyl sites for hydroxylation is 1. The number of hydrogen-bond acceptors (Lipinski definition) is 4. The molecule has 0 saturated heterocycles. The molecule has 0 unspecified atom stereocenters. The first-order chi connectivity index (χ1) is 11.7. The zero-order valence-electron chi connectivity index (χ0n) is 14.3. The lowest BCUT2D eigenvalue weighted by Crippen LogP contribution is -2.23. The summed E-state index contributed by atoms with van der Waals surface area (Å²) < 4.78 is 15.8. The van der Waals surface area contributed by atoms with Crippen LogP contribution in [0.2, 0.25) is 0 Å². The highest BCUT2D eigenvalue weighted by atomic mass is 16.5. The lowest BCUT2D eigenvalue weighted by Gasteiger charge is -2.10. The minimum atomic E-state index is -0.0114. The van der Waals surface area contributed by atoms with Gasteiger partial charge in [0.05, 0.1) is 21.3 Å². The summed E-state index contributed by atoms with van der Waals surface area (Å²) in [5.74, 6) is 2.20. The van der Waals surface area contributed by atoms with E-state index in [4.69, 9.17) is 14.2 Å². The zero-order chi connectivity index (χ0) is 17.4. The average molecular weight is 329 g/mol. The van der Waals surface area contributed by atoms with Gasteiger partial charge in [-0.05, 0) is 30.2 Å². The second-order valence-corrected chi connectivity index (χ2v) is 5.31. The van der Waals surface area contributed by atoms with Gasteiger partial charge in [0.1, 0.15) is 17.2 Å². The van der Waals surface area contributed by atoms with Crippen LogP contribution in [-0.2, 0) is 17.8 Å². The molecule has 0 spiro atoms. The maximum absolute atomic E-state index is 12.1. The molecule has 1 amide bonds. The monoisotopic (exact) mass is 329 g/mol. The highest BCUT2D eigenvalue weighted by molar-refractivity contribution is 5.76. The third-order valence-corrected chi connectivity index (χ3v) is 3.72. The lowest BCUT2D eigenvalue weighted by atomic mass is 10.1. The Labute approximate surface area is 142 Å². The van der Waals surface area contributed by atoms with Crippen molar-refractivity contribution in [3.63, 3.8) is 0 Å². The molecular weight excluding hydrogens is 306 g/mol. The number of carbonyl (C=O) groups excluding carboxylic acids is 1. The van der Waals surface area contributed by atoms with Gasteiger partial charge < -0.3 is 19.5 Å². The van der Waals surface area contributed by atoms with Gasteiger partial charge in [0, 0.05) is 24.6 Å². The standard InChI is InChI=1S/C19H23NO4/c1-22-16-10-14(11-17(12-16)23-2)8-9-19(21)20-13-15-6-4-5-7-18(15)24-3/h4-7,10-12H,8-9,13H2,1-3H3,(H,20,21). The van der Waals surface area contributed by atoms with E-state index < -0.39 is 0 Å². The Hall–Kier alpha value is -2.69. The average Bonchev–Trinajstić information content (AvgIpc) is 2.64. The molecule has 0 aromatic heterocycles. The Morgan fingerprint density at radius 3 is 2.25 bits per heavy atom. The third-order valence-electron chi connectivity index (χ3n) is 3.72. The van der Waals surface area contributed by atoms with Crippen LogP contribution in [0.1, 0.15) is 17.5 Å². The summed E-state index contributed by atoms with van der Waals surface area (Å²) in [5.41, 5.74) is 1.95. The van der Waals surface area contributed by atoms with Crippen molar-refractivity contribution >= 4 is 5.91 Å². The molecule has 0 aliphatic carbocycles. The maximum atomic E-state index is 12.1. The van der Waals surface area contributed by atoms with Crippen molar-refractivity contribution in [2.75, 3.05) is 21.3 Å². The van der Waals surface area contributed by atoms with Crippen LogP contribution >= 0.6 is 0 Å². The number of hydrogen-bond donors (Lipinski definition) is 1. The molecule has 0 aliphatic rings. The number of nitrogens with one attached hydrogen (secondary N) is 1. The fourth-order valence-electron chi connectivity index (χ4n) is 2.40. The van der Waals surface area contributed by atoms with E-state index in [1.165, 1.54) is 0 Å². The summed E-state index contributed by atoms with van der Waals surface area (Å²) in [6.45, 7) is 0.449. The van der Waals surface area contributed by atoms with Crippen molar-refractivity contribution in [3.05, 3.63) is 53.6 Å². The van der Waals surface area contributed by atoms with Crippen molar-refractivity contribution in [1.29, 1.82) is 0 Å². The van der Waals surface area contributed by atoms with E-state index in [1.54, 1.807) is 21.3 Å². The minimum absolute atomic E-state index is 0.0114. The van der Waals surface area contributed by atoms with Crippen LogP contribution in [-0.4, -0.2) is 27.2 Å². The normalized spacial score (nSPS) is 10.1. The Morgan fingerprint density at radius 1 is 0.958 bits per heavy atom. The summed E-state index contributed by atoms with van der Waals surface area (Å²) in [6, 6.07) is 13.3. The van der Waals surface area contributed by atoms with E-state index in [-0.39, 0.29) is 5.91 Å². The zero-order valence-corrected chi connectivity index (χ0v) is 14.3. The molecule has 128 valence electrons. The fraction of sp³-hybridized carbons (Fsp3) is 0.316. The molecule has 1 N–H and O–H groups in total. The molecule has 2 rings (SSSR count). The largest absolute Gasteiger partial charge is 0.497 e. The van der Waals surface area contributed by atoms with Gasteiger partial charge in [-0.25, -0.2) is 0 Å². The van der Waals surface area contributed by atoms with Crippen LogP contribution in [0.15, 0.2) is 42.5 Å². The number of benzene rings is 2. The first-order valence-corrected chi connectivity index (χ1v) is 7.76. The Bertz CT molecular complexity index is 663. The molecular formula is C19H23NO4. The van der Waals surface area contributed by atoms with Gasteiger partial charge in [-0.15, -0.1) is 0 Å². The number of amides is 1. The van der Waals surface area contributed by atoms with Crippen molar-refractivity contribution < 1.29 is 19.0 Å². The minimum Gasteiger partial charge on any atom is -0.497 e. The highest BCUT2D eigenvalue weighted by Gasteiger charge is 2.07. The Kier molecular flexibility index (Phi) is 6.49.